The minimum Gasteiger partial charge on any atom is -0.489 e. The van der Waals surface area contributed by atoms with Gasteiger partial charge in [0.1, 0.15) is 6.61 Å². The first-order valence-electron chi connectivity index (χ1n) is 6.06. The van der Waals surface area contributed by atoms with Crippen molar-refractivity contribution < 1.29 is 19.4 Å². The summed E-state index contributed by atoms with van der Waals surface area (Å²) in [7, 11) is 0. The Morgan fingerprint density at radius 1 is 1.33 bits per heavy atom. The molecule has 1 N–H and O–H groups in total. The van der Waals surface area contributed by atoms with Crippen LogP contribution in [-0.2, 0) is 4.74 Å². The van der Waals surface area contributed by atoms with E-state index < -0.39 is 5.97 Å². The van der Waals surface area contributed by atoms with E-state index in [1.807, 2.05) is 0 Å². The Morgan fingerprint density at radius 2 is 2.11 bits per heavy atom. The average molecular weight is 253 g/mol. The second kappa shape index (κ2) is 7.66. The van der Waals surface area contributed by atoms with E-state index in [1.165, 1.54) is 0 Å². The fourth-order valence-electron chi connectivity index (χ4n) is 1.37. The van der Waals surface area contributed by atoms with E-state index in [1.54, 1.807) is 19.1 Å². The van der Waals surface area contributed by atoms with Crippen LogP contribution in [0.2, 0.25) is 0 Å². The van der Waals surface area contributed by atoms with E-state index in [2.05, 4.69) is 11.9 Å². The number of rotatable bonds is 8. The molecule has 0 aliphatic rings. The van der Waals surface area contributed by atoms with E-state index in [0.717, 1.165) is 12.8 Å². The third kappa shape index (κ3) is 4.71. The summed E-state index contributed by atoms with van der Waals surface area (Å²) in [6.45, 7) is 5.32. The monoisotopic (exact) mass is 253 g/mol. The largest absolute Gasteiger partial charge is 0.489 e. The predicted molar refractivity (Wildman–Crippen MR) is 67.2 cm³/mol. The Kier molecular flexibility index (Phi) is 6.14. The molecule has 1 aromatic rings. The molecule has 1 heterocycles. The summed E-state index contributed by atoms with van der Waals surface area (Å²) in [5.74, 6) is -0.798. The van der Waals surface area contributed by atoms with Crippen molar-refractivity contribution in [1.82, 2.24) is 4.98 Å². The number of ether oxygens (including phenoxy) is 2. The van der Waals surface area contributed by atoms with Gasteiger partial charge in [-0.15, -0.1) is 0 Å². The molecule has 1 rings (SSSR count). The highest BCUT2D eigenvalue weighted by atomic mass is 16.5. The Morgan fingerprint density at radius 3 is 2.78 bits per heavy atom. The lowest BCUT2D eigenvalue weighted by molar-refractivity contribution is 0.0677. The number of aryl methyl sites for hydroxylation is 1. The smallest absolute Gasteiger partial charge is 0.358 e. The van der Waals surface area contributed by atoms with E-state index in [0.29, 0.717) is 25.5 Å². The maximum absolute atomic E-state index is 11.0. The second-order valence-corrected chi connectivity index (χ2v) is 3.92. The van der Waals surface area contributed by atoms with E-state index in [4.69, 9.17) is 14.6 Å². The summed E-state index contributed by atoms with van der Waals surface area (Å²) in [5.41, 5.74) is 0.600. The summed E-state index contributed by atoms with van der Waals surface area (Å²) in [5, 5.41) is 8.99. The van der Waals surface area contributed by atoms with Gasteiger partial charge in [-0.3, -0.25) is 0 Å². The first kappa shape index (κ1) is 14.4. The summed E-state index contributed by atoms with van der Waals surface area (Å²) >= 11 is 0. The summed E-state index contributed by atoms with van der Waals surface area (Å²) < 4.78 is 10.7. The fraction of sp³-hybridized carbons (Fsp3) is 0.538. The maximum atomic E-state index is 11.0. The third-order valence-corrected chi connectivity index (χ3v) is 2.33. The standard InChI is InChI=1S/C13H19NO4/c1-3-4-7-17-8-9-18-11-6-5-10(2)14-12(11)13(15)16/h5-6H,3-4,7-9H2,1-2H3,(H,15,16). The highest BCUT2D eigenvalue weighted by Gasteiger charge is 2.13. The molecule has 5 heteroatoms. The number of carboxylic acid groups (broad SMARTS) is 1. The van der Waals surface area contributed by atoms with Gasteiger partial charge in [0.15, 0.2) is 11.4 Å². The Balaban J connectivity index is 2.44. The van der Waals surface area contributed by atoms with E-state index in [-0.39, 0.29) is 11.4 Å². The van der Waals surface area contributed by atoms with Crippen LogP contribution in [0.5, 0.6) is 5.75 Å². The molecule has 5 nitrogen and oxygen atoms in total. The van der Waals surface area contributed by atoms with Crippen LogP contribution in [0.1, 0.15) is 35.9 Å². The Labute approximate surface area is 107 Å². The van der Waals surface area contributed by atoms with Crippen LogP contribution in [0, 0.1) is 6.92 Å². The van der Waals surface area contributed by atoms with Gasteiger partial charge in [0, 0.05) is 12.3 Å². The number of carboxylic acids is 1. The molecule has 0 aliphatic heterocycles. The molecule has 0 amide bonds. The number of pyridine rings is 1. The first-order valence-corrected chi connectivity index (χ1v) is 6.06. The molecule has 0 unspecified atom stereocenters. The van der Waals surface area contributed by atoms with Crippen LogP contribution >= 0.6 is 0 Å². The number of unbranched alkanes of at least 4 members (excludes halogenated alkanes) is 1. The van der Waals surface area contributed by atoms with Crippen molar-refractivity contribution in [2.75, 3.05) is 19.8 Å². The maximum Gasteiger partial charge on any atom is 0.358 e. The van der Waals surface area contributed by atoms with Gasteiger partial charge in [-0.2, -0.15) is 0 Å². The normalized spacial score (nSPS) is 10.3. The zero-order valence-electron chi connectivity index (χ0n) is 10.8. The van der Waals surface area contributed by atoms with Gasteiger partial charge in [0.05, 0.1) is 6.61 Å². The summed E-state index contributed by atoms with van der Waals surface area (Å²) in [6, 6.07) is 3.34. The molecular formula is C13H19NO4. The molecular weight excluding hydrogens is 234 g/mol. The van der Waals surface area contributed by atoms with Crippen LogP contribution in [0.3, 0.4) is 0 Å². The van der Waals surface area contributed by atoms with Crippen molar-refractivity contribution in [3.05, 3.63) is 23.5 Å². The van der Waals surface area contributed by atoms with Crippen molar-refractivity contribution in [2.24, 2.45) is 0 Å². The topological polar surface area (TPSA) is 68.7 Å². The van der Waals surface area contributed by atoms with Gasteiger partial charge in [-0.1, -0.05) is 13.3 Å². The lowest BCUT2D eigenvalue weighted by atomic mass is 10.3. The van der Waals surface area contributed by atoms with Crippen LogP contribution in [0.25, 0.3) is 0 Å². The van der Waals surface area contributed by atoms with Gasteiger partial charge < -0.3 is 14.6 Å². The first-order chi connectivity index (χ1) is 8.65. The molecule has 0 atom stereocenters. The Hall–Kier alpha value is -1.62. The van der Waals surface area contributed by atoms with Crippen molar-refractivity contribution >= 4 is 5.97 Å². The molecule has 0 fully saturated rings. The molecule has 0 aromatic carbocycles. The zero-order valence-corrected chi connectivity index (χ0v) is 10.8. The summed E-state index contributed by atoms with van der Waals surface area (Å²) in [4.78, 5) is 14.9. The highest BCUT2D eigenvalue weighted by Crippen LogP contribution is 2.16. The van der Waals surface area contributed by atoms with Gasteiger partial charge in [-0.05, 0) is 25.5 Å². The molecule has 0 aliphatic carbocycles. The molecule has 0 saturated heterocycles. The number of nitrogens with zero attached hydrogens (tertiary/aromatic N) is 1. The minimum atomic E-state index is -1.08. The van der Waals surface area contributed by atoms with Crippen molar-refractivity contribution in [3.63, 3.8) is 0 Å². The lowest BCUT2D eigenvalue weighted by Crippen LogP contribution is -2.11. The lowest BCUT2D eigenvalue weighted by Gasteiger charge is -2.09. The van der Waals surface area contributed by atoms with Gasteiger partial charge in [-0.25, -0.2) is 9.78 Å². The van der Waals surface area contributed by atoms with Gasteiger partial charge in [0.25, 0.3) is 0 Å². The van der Waals surface area contributed by atoms with Crippen LogP contribution in [0.15, 0.2) is 12.1 Å². The van der Waals surface area contributed by atoms with Gasteiger partial charge >= 0.3 is 5.97 Å². The van der Waals surface area contributed by atoms with Crippen LogP contribution in [0.4, 0.5) is 0 Å². The van der Waals surface area contributed by atoms with E-state index in [9.17, 15) is 4.79 Å². The molecule has 0 saturated carbocycles. The van der Waals surface area contributed by atoms with Crippen LogP contribution < -0.4 is 4.74 Å². The van der Waals surface area contributed by atoms with Crippen molar-refractivity contribution in [3.8, 4) is 5.75 Å². The third-order valence-electron chi connectivity index (χ3n) is 2.33. The zero-order chi connectivity index (χ0) is 13.4. The number of hydrogen-bond donors (Lipinski definition) is 1. The predicted octanol–water partition coefficient (Wildman–Crippen LogP) is 2.28. The van der Waals surface area contributed by atoms with E-state index >= 15 is 0 Å². The Bertz CT molecular complexity index is 393. The fourth-order valence-corrected chi connectivity index (χ4v) is 1.37. The second-order valence-electron chi connectivity index (χ2n) is 3.92. The average Bonchev–Trinajstić information content (AvgIpc) is 2.35. The summed E-state index contributed by atoms with van der Waals surface area (Å²) in [6.07, 6.45) is 2.11. The van der Waals surface area contributed by atoms with Crippen LogP contribution in [-0.4, -0.2) is 35.9 Å². The van der Waals surface area contributed by atoms with Crippen molar-refractivity contribution in [1.29, 1.82) is 0 Å². The molecule has 100 valence electrons. The number of carbonyl (C=O) groups is 1. The SMILES string of the molecule is CCCCOCCOc1ccc(C)nc1C(=O)O. The minimum absolute atomic E-state index is 0.0523. The molecule has 0 radical (unpaired) electrons. The molecule has 18 heavy (non-hydrogen) atoms. The molecule has 0 bridgehead atoms. The highest BCUT2D eigenvalue weighted by molar-refractivity contribution is 5.88. The number of aromatic carboxylic acids is 1. The van der Waals surface area contributed by atoms with Gasteiger partial charge in [0.2, 0.25) is 0 Å². The quantitative estimate of drug-likeness (QED) is 0.720. The molecule has 1 aromatic heterocycles. The number of aromatic nitrogens is 1. The van der Waals surface area contributed by atoms with Crippen molar-refractivity contribution in [2.45, 2.75) is 26.7 Å². The molecule has 0 spiro atoms. The number of hydrogen-bond acceptors (Lipinski definition) is 4.